The minimum atomic E-state index is -1.50. The highest BCUT2D eigenvalue weighted by Gasteiger charge is 2.15. The molecule has 0 bridgehead atoms. The normalized spacial score (nSPS) is 11.5. The molecule has 0 unspecified atom stereocenters. The maximum atomic E-state index is 14.1. The summed E-state index contributed by atoms with van der Waals surface area (Å²) in [6.07, 6.45) is 0. The molecule has 6 heteroatoms. The monoisotopic (exact) mass is 418 g/mol. The molecule has 3 rings (SSSR count). The van der Waals surface area contributed by atoms with Crippen LogP contribution in [0.2, 0.25) is 0 Å². The van der Waals surface area contributed by atoms with E-state index in [1.807, 2.05) is 6.07 Å². The zero-order chi connectivity index (χ0) is 18.4. The van der Waals surface area contributed by atoms with Gasteiger partial charge in [0.15, 0.2) is 11.5 Å². The molecule has 0 heterocycles. The van der Waals surface area contributed by atoms with E-state index in [0.717, 1.165) is 4.47 Å². The molecule has 0 atom stereocenters. The minimum absolute atomic E-state index is 0.0170. The van der Waals surface area contributed by atoms with Crippen molar-refractivity contribution >= 4 is 15.9 Å². The van der Waals surface area contributed by atoms with E-state index in [9.17, 15) is 8.78 Å². The lowest BCUT2D eigenvalue weighted by Crippen LogP contribution is -2.00. The van der Waals surface area contributed by atoms with Crippen LogP contribution in [0, 0.1) is 0 Å². The van der Waals surface area contributed by atoms with Gasteiger partial charge >= 0.3 is 12.0 Å². The number of hydrogen-bond acceptors (Lipinski definition) is 3. The van der Waals surface area contributed by atoms with E-state index >= 15 is 0 Å². The molecule has 0 radical (unpaired) electrons. The summed E-state index contributed by atoms with van der Waals surface area (Å²) in [5.41, 5.74) is 0. The lowest BCUT2D eigenvalue weighted by molar-refractivity contribution is 0.200. The molecular weight excluding hydrogens is 406 g/mol. The molecular formula is C20H13BrF2O3. The largest absolute Gasteiger partial charge is 0.453 e. The molecule has 3 nitrogen and oxygen atoms in total. The van der Waals surface area contributed by atoms with Gasteiger partial charge in [0.2, 0.25) is 0 Å². The maximum absolute atomic E-state index is 14.1. The highest BCUT2D eigenvalue weighted by atomic mass is 79.9. The van der Waals surface area contributed by atoms with Crippen LogP contribution in [0.4, 0.5) is 8.78 Å². The van der Waals surface area contributed by atoms with E-state index < -0.39 is 12.0 Å². The Morgan fingerprint density at radius 2 is 1.19 bits per heavy atom. The molecule has 3 aromatic carbocycles. The third kappa shape index (κ3) is 4.83. The summed E-state index contributed by atoms with van der Waals surface area (Å²) >= 11 is 3.25. The fourth-order valence-corrected chi connectivity index (χ4v) is 2.28. The predicted molar refractivity (Wildman–Crippen MR) is 97.6 cm³/mol. The molecule has 132 valence electrons. The van der Waals surface area contributed by atoms with Crippen molar-refractivity contribution in [3.05, 3.63) is 95.4 Å². The quantitative estimate of drug-likeness (QED) is 0.413. The molecule has 0 saturated carbocycles. The van der Waals surface area contributed by atoms with Crippen molar-refractivity contribution in [3.8, 4) is 23.0 Å². The number of ether oxygens (including phenoxy) is 3. The van der Waals surface area contributed by atoms with Crippen LogP contribution < -0.4 is 14.2 Å². The average Bonchev–Trinajstić information content (AvgIpc) is 2.66. The number of hydrogen-bond donors (Lipinski definition) is 0. The van der Waals surface area contributed by atoms with E-state index in [1.54, 1.807) is 54.6 Å². The first-order valence-corrected chi connectivity index (χ1v) is 8.39. The summed E-state index contributed by atoms with van der Waals surface area (Å²) in [7, 11) is 0. The molecule has 3 aromatic rings. The molecule has 0 aromatic heterocycles. The Bertz CT molecular complexity index is 896. The van der Waals surface area contributed by atoms with Crippen LogP contribution in [0.1, 0.15) is 0 Å². The van der Waals surface area contributed by atoms with Crippen molar-refractivity contribution in [2.45, 2.75) is 0 Å². The summed E-state index contributed by atoms with van der Waals surface area (Å²) in [5.74, 6) is 0.937. The van der Waals surface area contributed by atoms with Crippen molar-refractivity contribution in [2.75, 3.05) is 0 Å². The van der Waals surface area contributed by atoms with Crippen molar-refractivity contribution in [1.29, 1.82) is 0 Å². The first-order chi connectivity index (χ1) is 12.6. The van der Waals surface area contributed by atoms with Crippen molar-refractivity contribution in [2.24, 2.45) is 0 Å². The van der Waals surface area contributed by atoms with E-state index in [4.69, 9.17) is 14.2 Å². The summed E-state index contributed by atoms with van der Waals surface area (Å²) in [6, 6.07) is 18.5. The van der Waals surface area contributed by atoms with Gasteiger partial charge in [-0.3, -0.25) is 0 Å². The average molecular weight is 419 g/mol. The van der Waals surface area contributed by atoms with Gasteiger partial charge in [-0.15, -0.1) is 0 Å². The fraction of sp³-hybridized carbons (Fsp3) is 0. The summed E-state index contributed by atoms with van der Waals surface area (Å²) in [5, 5.41) is 0. The molecule has 0 amide bonds. The molecule has 0 aliphatic carbocycles. The van der Waals surface area contributed by atoms with Crippen LogP contribution >= 0.6 is 15.9 Å². The number of halogens is 3. The molecule has 26 heavy (non-hydrogen) atoms. The van der Waals surface area contributed by atoms with Crippen LogP contribution in [0.15, 0.2) is 95.4 Å². The zero-order valence-corrected chi connectivity index (χ0v) is 15.0. The number of benzene rings is 3. The topological polar surface area (TPSA) is 27.7 Å². The van der Waals surface area contributed by atoms with Crippen molar-refractivity contribution in [3.63, 3.8) is 0 Å². The lowest BCUT2D eigenvalue weighted by Gasteiger charge is -2.11. The molecule has 0 N–H and O–H groups in total. The predicted octanol–water partition coefficient (Wildman–Crippen LogP) is 6.76. The second kappa shape index (κ2) is 8.49. The third-order valence-corrected chi connectivity index (χ3v) is 3.72. The van der Waals surface area contributed by atoms with Gasteiger partial charge in [0.1, 0.15) is 11.5 Å². The molecule has 0 spiro atoms. The van der Waals surface area contributed by atoms with E-state index in [-0.39, 0.29) is 17.2 Å². The Morgan fingerprint density at radius 1 is 0.615 bits per heavy atom. The molecule has 0 aliphatic heterocycles. The van der Waals surface area contributed by atoms with Gasteiger partial charge in [-0.25, -0.2) is 0 Å². The number of para-hydroxylation sites is 3. The number of rotatable bonds is 6. The second-order valence-corrected chi connectivity index (χ2v) is 5.98. The van der Waals surface area contributed by atoms with E-state index in [1.165, 1.54) is 18.2 Å². The van der Waals surface area contributed by atoms with Crippen LogP contribution in [0.3, 0.4) is 0 Å². The lowest BCUT2D eigenvalue weighted by atomic mass is 10.3. The van der Waals surface area contributed by atoms with Crippen LogP contribution in [0.5, 0.6) is 23.0 Å². The van der Waals surface area contributed by atoms with E-state index in [2.05, 4.69) is 15.9 Å². The third-order valence-electron chi connectivity index (χ3n) is 3.20. The van der Waals surface area contributed by atoms with Crippen LogP contribution in [0.25, 0.3) is 0 Å². The Labute approximate surface area is 157 Å². The van der Waals surface area contributed by atoms with E-state index in [0.29, 0.717) is 5.75 Å². The second-order valence-electron chi connectivity index (χ2n) is 5.07. The maximum Gasteiger partial charge on any atom is 0.352 e. The van der Waals surface area contributed by atoms with Gasteiger partial charge in [-0.1, -0.05) is 46.3 Å². The first-order valence-electron chi connectivity index (χ1n) is 7.60. The van der Waals surface area contributed by atoms with Crippen LogP contribution in [-0.2, 0) is 0 Å². The van der Waals surface area contributed by atoms with Gasteiger partial charge in [-0.2, -0.15) is 8.78 Å². The first kappa shape index (κ1) is 17.9. The van der Waals surface area contributed by atoms with Crippen molar-refractivity contribution < 1.29 is 23.0 Å². The Kier molecular flexibility index (Phi) is 5.86. The molecule has 0 aliphatic rings. The smallest absolute Gasteiger partial charge is 0.352 e. The SMILES string of the molecule is F/C(Oc1ccc(Br)cc1)=C(\F)Oc1ccccc1Oc1ccccc1. The van der Waals surface area contributed by atoms with Gasteiger partial charge in [-0.05, 0) is 48.5 Å². The standard InChI is InChI=1S/C20H13BrF2O3/c21-14-10-12-16(13-11-14)25-19(22)20(23)26-18-9-5-4-8-17(18)24-15-6-2-1-3-7-15/h1-13H/b20-19-. The Balaban J connectivity index is 1.76. The molecule has 0 fully saturated rings. The summed E-state index contributed by atoms with van der Waals surface area (Å²) in [4.78, 5) is 0. The van der Waals surface area contributed by atoms with Gasteiger partial charge < -0.3 is 14.2 Å². The summed E-state index contributed by atoms with van der Waals surface area (Å²) in [6.45, 7) is 0. The Hall–Kier alpha value is -2.86. The van der Waals surface area contributed by atoms with Crippen molar-refractivity contribution in [1.82, 2.24) is 0 Å². The molecule has 0 saturated heterocycles. The summed E-state index contributed by atoms with van der Waals surface area (Å²) < 4.78 is 44.2. The van der Waals surface area contributed by atoms with Gasteiger partial charge in [0.25, 0.3) is 0 Å². The van der Waals surface area contributed by atoms with Gasteiger partial charge in [0, 0.05) is 4.47 Å². The minimum Gasteiger partial charge on any atom is -0.453 e. The van der Waals surface area contributed by atoms with Gasteiger partial charge in [0.05, 0.1) is 0 Å². The highest BCUT2D eigenvalue weighted by Crippen LogP contribution is 2.33. The fourth-order valence-electron chi connectivity index (χ4n) is 2.02. The zero-order valence-electron chi connectivity index (χ0n) is 13.4. The Morgan fingerprint density at radius 3 is 1.88 bits per heavy atom. The highest BCUT2D eigenvalue weighted by molar-refractivity contribution is 9.10. The van der Waals surface area contributed by atoms with Crippen LogP contribution in [-0.4, -0.2) is 0 Å².